The molecule has 4 nitrogen and oxygen atoms in total. The number of rotatable bonds is 3. The van der Waals surface area contributed by atoms with Gasteiger partial charge in [0.15, 0.2) is 0 Å². The molecule has 2 aromatic rings. The first-order valence-electron chi connectivity index (χ1n) is 6.39. The van der Waals surface area contributed by atoms with E-state index < -0.39 is 5.97 Å². The molecular weight excluding hydrogens is 260 g/mol. The Morgan fingerprint density at radius 3 is 3.11 bits per heavy atom. The van der Waals surface area contributed by atoms with E-state index in [0.717, 1.165) is 28.8 Å². The molecule has 0 bridgehead atoms. The number of hydrogen-bond acceptors (Lipinski definition) is 3. The lowest BCUT2D eigenvalue weighted by molar-refractivity contribution is -0.142. The molecule has 0 aromatic carbocycles. The molecule has 0 spiro atoms. The molecule has 2 atom stereocenters. The quantitative estimate of drug-likeness (QED) is 0.876. The smallest absolute Gasteiger partial charge is 0.308 e. The summed E-state index contributed by atoms with van der Waals surface area (Å²) in [5.74, 6) is -1.08. The minimum absolute atomic E-state index is 0.0575. The van der Waals surface area contributed by atoms with Crippen LogP contribution in [0, 0.1) is 5.92 Å². The van der Waals surface area contributed by atoms with E-state index in [9.17, 15) is 9.90 Å². The van der Waals surface area contributed by atoms with Crippen LogP contribution in [0.3, 0.4) is 0 Å². The fourth-order valence-corrected chi connectivity index (χ4v) is 3.54. The highest BCUT2D eigenvalue weighted by atomic mass is 32.2. The third kappa shape index (κ3) is 1.84. The highest BCUT2D eigenvalue weighted by Crippen LogP contribution is 2.39. The molecule has 3 heterocycles. The van der Waals surface area contributed by atoms with Crippen molar-refractivity contribution in [2.45, 2.75) is 30.8 Å². The lowest BCUT2D eigenvalue weighted by atomic mass is 9.99. The maximum absolute atomic E-state index is 11.2. The summed E-state index contributed by atoms with van der Waals surface area (Å²) in [5, 5.41) is 11.4. The maximum Gasteiger partial charge on any atom is 0.308 e. The van der Waals surface area contributed by atoms with Crippen LogP contribution >= 0.6 is 11.8 Å². The van der Waals surface area contributed by atoms with Crippen LogP contribution in [0.25, 0.3) is 10.9 Å². The highest BCUT2D eigenvalue weighted by molar-refractivity contribution is 7.98. The van der Waals surface area contributed by atoms with E-state index in [-0.39, 0.29) is 12.0 Å². The molecular formula is C14H16N2O2S. The van der Waals surface area contributed by atoms with Gasteiger partial charge in [-0.2, -0.15) is 0 Å². The van der Waals surface area contributed by atoms with Crippen molar-refractivity contribution < 1.29 is 9.90 Å². The van der Waals surface area contributed by atoms with Gasteiger partial charge in [-0.3, -0.25) is 4.79 Å². The number of nitrogens with zero attached hydrogens (tertiary/aromatic N) is 2. The normalized spacial score (nSPS) is 19.6. The molecule has 0 fully saturated rings. The van der Waals surface area contributed by atoms with Crippen LogP contribution in [0.2, 0.25) is 0 Å². The Hall–Kier alpha value is -1.49. The molecule has 0 radical (unpaired) electrons. The second kappa shape index (κ2) is 4.56. The van der Waals surface area contributed by atoms with Crippen molar-refractivity contribution in [1.82, 2.24) is 9.55 Å². The molecule has 0 saturated heterocycles. The van der Waals surface area contributed by atoms with Crippen LogP contribution in [0.5, 0.6) is 0 Å². The molecule has 1 N–H and O–H groups in total. The first-order valence-corrected chi connectivity index (χ1v) is 7.61. The summed E-state index contributed by atoms with van der Waals surface area (Å²) in [6.45, 7) is 1.80. The number of carboxylic acids is 1. The van der Waals surface area contributed by atoms with Gasteiger partial charge in [0.05, 0.1) is 11.4 Å². The number of carbonyl (C=O) groups is 1. The maximum atomic E-state index is 11.2. The van der Waals surface area contributed by atoms with Gasteiger partial charge < -0.3 is 9.67 Å². The van der Waals surface area contributed by atoms with Crippen molar-refractivity contribution in [2.75, 3.05) is 6.26 Å². The van der Waals surface area contributed by atoms with Crippen molar-refractivity contribution in [3.05, 3.63) is 24.0 Å². The number of aromatic nitrogens is 2. The van der Waals surface area contributed by atoms with Crippen LogP contribution < -0.4 is 0 Å². The molecule has 0 amide bonds. The van der Waals surface area contributed by atoms with Gasteiger partial charge in [-0.05, 0) is 38.2 Å². The van der Waals surface area contributed by atoms with E-state index >= 15 is 0 Å². The molecule has 1 aliphatic heterocycles. The number of thioether (sulfide) groups is 1. The fourth-order valence-electron chi connectivity index (χ4n) is 2.99. The molecule has 2 unspecified atom stereocenters. The Kier molecular flexibility index (Phi) is 3.01. The van der Waals surface area contributed by atoms with Gasteiger partial charge >= 0.3 is 5.97 Å². The average Bonchev–Trinajstić information content (AvgIpc) is 2.95. The summed E-state index contributed by atoms with van der Waals surface area (Å²) in [7, 11) is 0. The third-order valence-electron chi connectivity index (χ3n) is 4.00. The van der Waals surface area contributed by atoms with Gasteiger partial charge in [0, 0.05) is 23.3 Å². The van der Waals surface area contributed by atoms with Gasteiger partial charge in [-0.1, -0.05) is 0 Å². The average molecular weight is 276 g/mol. The van der Waals surface area contributed by atoms with Gasteiger partial charge in [0.2, 0.25) is 0 Å². The SMILES string of the molecule is CSc1nccc2c1cc1n2C(C(C)C(=O)O)CC1. The van der Waals surface area contributed by atoms with E-state index in [4.69, 9.17) is 0 Å². The Bertz CT molecular complexity index is 650. The van der Waals surface area contributed by atoms with Gasteiger partial charge in [-0.15, -0.1) is 11.8 Å². The van der Waals surface area contributed by atoms with E-state index in [1.165, 1.54) is 5.69 Å². The zero-order valence-electron chi connectivity index (χ0n) is 11.0. The van der Waals surface area contributed by atoms with E-state index in [1.807, 2.05) is 18.5 Å². The molecule has 1 aliphatic rings. The molecule has 5 heteroatoms. The van der Waals surface area contributed by atoms with Crippen LogP contribution in [-0.2, 0) is 11.2 Å². The summed E-state index contributed by atoms with van der Waals surface area (Å²) >= 11 is 1.63. The number of aryl methyl sites for hydroxylation is 1. The van der Waals surface area contributed by atoms with E-state index in [1.54, 1.807) is 18.7 Å². The van der Waals surface area contributed by atoms with Gasteiger partial charge in [-0.25, -0.2) is 4.98 Å². The molecule has 100 valence electrons. The van der Waals surface area contributed by atoms with Crippen LogP contribution in [0.1, 0.15) is 25.1 Å². The van der Waals surface area contributed by atoms with Crippen LogP contribution in [0.4, 0.5) is 0 Å². The van der Waals surface area contributed by atoms with E-state index in [0.29, 0.717) is 0 Å². The largest absolute Gasteiger partial charge is 0.481 e. The molecule has 3 rings (SSSR count). The number of hydrogen-bond donors (Lipinski definition) is 1. The zero-order chi connectivity index (χ0) is 13.6. The number of fused-ring (bicyclic) bond motifs is 3. The lowest BCUT2D eigenvalue weighted by Gasteiger charge is -2.19. The monoisotopic (exact) mass is 276 g/mol. The minimum atomic E-state index is -0.723. The first-order chi connectivity index (χ1) is 9.13. The summed E-state index contributed by atoms with van der Waals surface area (Å²) in [5.41, 5.74) is 2.35. The molecule has 0 saturated carbocycles. The number of pyridine rings is 1. The van der Waals surface area contributed by atoms with Crippen LogP contribution in [0.15, 0.2) is 23.4 Å². The molecule has 0 aliphatic carbocycles. The Morgan fingerprint density at radius 1 is 1.63 bits per heavy atom. The predicted molar refractivity (Wildman–Crippen MR) is 75.7 cm³/mol. The lowest BCUT2D eigenvalue weighted by Crippen LogP contribution is -2.21. The summed E-state index contributed by atoms with van der Waals surface area (Å²) < 4.78 is 2.20. The number of carboxylic acid groups (broad SMARTS) is 1. The van der Waals surface area contributed by atoms with Gasteiger partial charge in [0.25, 0.3) is 0 Å². The van der Waals surface area contributed by atoms with Gasteiger partial charge in [0.1, 0.15) is 5.03 Å². The fraction of sp³-hybridized carbons (Fsp3) is 0.429. The third-order valence-corrected chi connectivity index (χ3v) is 4.71. The van der Waals surface area contributed by atoms with E-state index in [2.05, 4.69) is 15.6 Å². The zero-order valence-corrected chi connectivity index (χ0v) is 11.8. The van der Waals surface area contributed by atoms with Crippen molar-refractivity contribution in [2.24, 2.45) is 5.92 Å². The first kappa shape index (κ1) is 12.5. The minimum Gasteiger partial charge on any atom is -0.481 e. The Morgan fingerprint density at radius 2 is 2.42 bits per heavy atom. The standard InChI is InChI=1S/C14H16N2O2S/c1-8(14(17)18)11-4-3-9-7-10-12(16(9)11)5-6-15-13(10)19-2/h5-8,11H,3-4H2,1-2H3,(H,17,18). The molecule has 19 heavy (non-hydrogen) atoms. The number of aliphatic carboxylic acids is 1. The van der Waals surface area contributed by atoms with Crippen molar-refractivity contribution >= 4 is 28.6 Å². The second-order valence-electron chi connectivity index (χ2n) is 4.99. The summed E-state index contributed by atoms with van der Waals surface area (Å²) in [4.78, 5) is 15.6. The topological polar surface area (TPSA) is 55.1 Å². The Balaban J connectivity index is 2.17. The van der Waals surface area contributed by atoms with Crippen molar-refractivity contribution in [1.29, 1.82) is 0 Å². The summed E-state index contributed by atoms with van der Waals surface area (Å²) in [6.07, 6.45) is 5.69. The summed E-state index contributed by atoms with van der Waals surface area (Å²) in [6, 6.07) is 4.22. The van der Waals surface area contributed by atoms with Crippen molar-refractivity contribution in [3.8, 4) is 0 Å². The predicted octanol–water partition coefficient (Wildman–Crippen LogP) is 2.97. The molecule has 2 aromatic heterocycles. The van der Waals surface area contributed by atoms with Crippen LogP contribution in [-0.4, -0.2) is 26.9 Å². The second-order valence-corrected chi connectivity index (χ2v) is 5.79. The highest BCUT2D eigenvalue weighted by Gasteiger charge is 2.32. The van der Waals surface area contributed by atoms with Crippen molar-refractivity contribution in [3.63, 3.8) is 0 Å². The Labute approximate surface area is 115 Å².